The first-order chi connectivity index (χ1) is 12.5. The van der Waals surface area contributed by atoms with Crippen LogP contribution in [-0.4, -0.2) is 20.3 Å². The lowest BCUT2D eigenvalue weighted by atomic mass is 10.2. The van der Waals surface area contributed by atoms with E-state index < -0.39 is 11.5 Å². The molecule has 4 rings (SSSR count). The van der Waals surface area contributed by atoms with E-state index in [2.05, 4.69) is 15.3 Å². The van der Waals surface area contributed by atoms with Gasteiger partial charge < -0.3 is 0 Å². The Morgan fingerprint density at radius 2 is 2.12 bits per heavy atom. The summed E-state index contributed by atoms with van der Waals surface area (Å²) in [7, 11) is 0. The molecule has 26 heavy (non-hydrogen) atoms. The Kier molecular flexibility index (Phi) is 4.31. The quantitative estimate of drug-likeness (QED) is 0.559. The van der Waals surface area contributed by atoms with Crippen molar-refractivity contribution in [2.45, 2.75) is 6.92 Å². The first-order valence-corrected chi connectivity index (χ1v) is 9.60. The number of aryl methyl sites for hydroxylation is 1. The number of carbonyl (C=O) groups is 1. The molecule has 9 heteroatoms. The molecule has 3 aromatic heterocycles. The lowest BCUT2D eigenvalue weighted by Crippen LogP contribution is -2.25. The number of nitrogens with one attached hydrogen (secondary N) is 1. The van der Waals surface area contributed by atoms with Crippen molar-refractivity contribution in [3.8, 4) is 11.3 Å². The second-order valence-electron chi connectivity index (χ2n) is 5.44. The van der Waals surface area contributed by atoms with Gasteiger partial charge in [-0.25, -0.2) is 9.97 Å². The number of halogens is 1. The summed E-state index contributed by atoms with van der Waals surface area (Å²) in [6, 6.07) is 7.33. The van der Waals surface area contributed by atoms with E-state index in [1.165, 1.54) is 33.3 Å². The van der Waals surface area contributed by atoms with Gasteiger partial charge in [0.1, 0.15) is 5.56 Å². The summed E-state index contributed by atoms with van der Waals surface area (Å²) in [5, 5.41) is 5.42. The second-order valence-corrected chi connectivity index (χ2v) is 7.92. The minimum atomic E-state index is -0.541. The van der Waals surface area contributed by atoms with Crippen LogP contribution in [0.5, 0.6) is 0 Å². The zero-order valence-corrected chi connectivity index (χ0v) is 15.8. The highest BCUT2D eigenvalue weighted by molar-refractivity contribution is 7.17. The summed E-state index contributed by atoms with van der Waals surface area (Å²) in [6.07, 6.45) is 2.97. The summed E-state index contributed by atoms with van der Waals surface area (Å²) in [4.78, 5) is 35.0. The topological polar surface area (TPSA) is 76.4 Å². The Morgan fingerprint density at radius 1 is 1.31 bits per heavy atom. The van der Waals surface area contributed by atoms with Crippen LogP contribution in [0.15, 0.2) is 46.8 Å². The molecule has 0 aliphatic carbocycles. The van der Waals surface area contributed by atoms with Crippen molar-refractivity contribution in [1.29, 1.82) is 0 Å². The fourth-order valence-electron chi connectivity index (χ4n) is 2.44. The average molecular weight is 403 g/mol. The van der Waals surface area contributed by atoms with Crippen molar-refractivity contribution >= 4 is 50.3 Å². The van der Waals surface area contributed by atoms with E-state index in [-0.39, 0.29) is 5.56 Å². The lowest BCUT2D eigenvalue weighted by molar-refractivity contribution is 0.102. The van der Waals surface area contributed by atoms with Crippen LogP contribution in [0.3, 0.4) is 0 Å². The number of hydrogen-bond acceptors (Lipinski definition) is 6. The largest absolute Gasteiger partial charge is 0.298 e. The van der Waals surface area contributed by atoms with Crippen LogP contribution in [0, 0.1) is 6.92 Å². The van der Waals surface area contributed by atoms with Crippen LogP contribution in [0.1, 0.15) is 15.2 Å². The number of fused-ring (bicyclic) bond motifs is 1. The normalized spacial score (nSPS) is 11.0. The molecular weight excluding hydrogens is 392 g/mol. The van der Waals surface area contributed by atoms with Gasteiger partial charge in [0.05, 0.1) is 5.69 Å². The standard InChI is InChI=1S/C17H11ClN4O2S2/c1-9-7-22-15(24)11(6-19-17(22)26-9)14(23)21-16-20-13(8-25-16)10-4-2-3-5-12(10)18/h2-8H,1H3,(H,20,21,23). The third-order valence-corrected chi connectivity index (χ3v) is 5.64. The van der Waals surface area contributed by atoms with Gasteiger partial charge in [-0.1, -0.05) is 29.8 Å². The summed E-state index contributed by atoms with van der Waals surface area (Å²) >= 11 is 8.82. The van der Waals surface area contributed by atoms with Gasteiger partial charge in [-0.05, 0) is 13.0 Å². The zero-order chi connectivity index (χ0) is 18.3. The molecule has 4 aromatic rings. The molecule has 0 radical (unpaired) electrons. The molecule has 0 aliphatic heterocycles. The monoisotopic (exact) mass is 402 g/mol. The van der Waals surface area contributed by atoms with Crippen molar-refractivity contribution in [2.75, 3.05) is 5.32 Å². The number of amides is 1. The molecule has 0 unspecified atom stereocenters. The van der Waals surface area contributed by atoms with Gasteiger partial charge in [-0.15, -0.1) is 22.7 Å². The number of carbonyl (C=O) groups excluding carboxylic acids is 1. The number of anilines is 1. The summed E-state index contributed by atoms with van der Waals surface area (Å²) in [5.74, 6) is -0.541. The van der Waals surface area contributed by atoms with Crippen molar-refractivity contribution in [2.24, 2.45) is 0 Å². The first kappa shape index (κ1) is 16.9. The van der Waals surface area contributed by atoms with Crippen LogP contribution < -0.4 is 10.9 Å². The summed E-state index contributed by atoms with van der Waals surface area (Å²) in [6.45, 7) is 1.88. The van der Waals surface area contributed by atoms with Crippen LogP contribution in [0.2, 0.25) is 5.02 Å². The smallest absolute Gasteiger partial charge is 0.271 e. The zero-order valence-electron chi connectivity index (χ0n) is 13.4. The summed E-state index contributed by atoms with van der Waals surface area (Å²) in [5.41, 5.74) is 1.01. The maximum atomic E-state index is 12.5. The maximum Gasteiger partial charge on any atom is 0.271 e. The first-order valence-electron chi connectivity index (χ1n) is 7.52. The molecule has 1 amide bonds. The average Bonchev–Trinajstić information content (AvgIpc) is 3.22. The van der Waals surface area contributed by atoms with E-state index in [4.69, 9.17) is 11.6 Å². The number of nitrogens with zero attached hydrogens (tertiary/aromatic N) is 3. The Morgan fingerprint density at radius 3 is 2.92 bits per heavy atom. The molecule has 6 nitrogen and oxygen atoms in total. The predicted molar refractivity (Wildman–Crippen MR) is 105 cm³/mol. The van der Waals surface area contributed by atoms with Gasteiger partial charge in [-0.3, -0.25) is 19.3 Å². The molecule has 0 bridgehead atoms. The molecule has 0 atom stereocenters. The third kappa shape index (κ3) is 3.03. The predicted octanol–water partition coefficient (Wildman–Crippen LogP) is 4.09. The van der Waals surface area contributed by atoms with E-state index in [0.717, 1.165) is 10.4 Å². The maximum absolute atomic E-state index is 12.5. The number of benzene rings is 1. The summed E-state index contributed by atoms with van der Waals surface area (Å²) < 4.78 is 1.38. The molecule has 130 valence electrons. The minimum absolute atomic E-state index is 0.0326. The van der Waals surface area contributed by atoms with Crippen molar-refractivity contribution in [3.63, 3.8) is 0 Å². The van der Waals surface area contributed by atoms with Gasteiger partial charge in [-0.2, -0.15) is 0 Å². The van der Waals surface area contributed by atoms with Crippen LogP contribution in [0.4, 0.5) is 5.13 Å². The van der Waals surface area contributed by atoms with Gasteiger partial charge in [0.25, 0.3) is 11.5 Å². The fourth-order valence-corrected chi connectivity index (χ4v) is 4.16. The van der Waals surface area contributed by atoms with Gasteiger partial charge in [0.15, 0.2) is 10.1 Å². The van der Waals surface area contributed by atoms with Crippen molar-refractivity contribution in [1.82, 2.24) is 14.4 Å². The van der Waals surface area contributed by atoms with E-state index >= 15 is 0 Å². The van der Waals surface area contributed by atoms with E-state index in [0.29, 0.717) is 20.8 Å². The van der Waals surface area contributed by atoms with Crippen molar-refractivity contribution in [3.05, 3.63) is 67.9 Å². The highest BCUT2D eigenvalue weighted by Gasteiger charge is 2.16. The third-order valence-electron chi connectivity index (χ3n) is 3.64. The van der Waals surface area contributed by atoms with Crippen LogP contribution >= 0.6 is 34.3 Å². The number of hydrogen-bond donors (Lipinski definition) is 1. The van der Waals surface area contributed by atoms with Crippen LogP contribution in [-0.2, 0) is 0 Å². The molecule has 0 spiro atoms. The highest BCUT2D eigenvalue weighted by Crippen LogP contribution is 2.30. The molecule has 1 N–H and O–H groups in total. The molecule has 0 saturated carbocycles. The minimum Gasteiger partial charge on any atom is -0.298 e. The second kappa shape index (κ2) is 6.64. The van der Waals surface area contributed by atoms with Gasteiger partial charge in [0.2, 0.25) is 0 Å². The molecule has 0 saturated heterocycles. The van der Waals surface area contributed by atoms with Crippen molar-refractivity contribution < 1.29 is 4.79 Å². The SMILES string of the molecule is Cc1cn2c(=O)c(C(=O)Nc3nc(-c4ccccc4Cl)cs3)cnc2s1. The number of thiazole rings is 2. The van der Waals surface area contributed by atoms with E-state index in [9.17, 15) is 9.59 Å². The van der Waals surface area contributed by atoms with Crippen LogP contribution in [0.25, 0.3) is 16.2 Å². The Balaban J connectivity index is 1.62. The fraction of sp³-hybridized carbons (Fsp3) is 0.0588. The Hall–Kier alpha value is -2.55. The van der Waals surface area contributed by atoms with E-state index in [1.54, 1.807) is 17.6 Å². The molecule has 3 heterocycles. The highest BCUT2D eigenvalue weighted by atomic mass is 35.5. The van der Waals surface area contributed by atoms with Gasteiger partial charge in [0, 0.05) is 33.2 Å². The molecule has 1 aromatic carbocycles. The number of rotatable bonds is 3. The molecule has 0 fully saturated rings. The van der Waals surface area contributed by atoms with Gasteiger partial charge >= 0.3 is 0 Å². The molecule has 0 aliphatic rings. The Labute approximate surface area is 160 Å². The molecular formula is C17H11ClN4O2S2. The lowest BCUT2D eigenvalue weighted by Gasteiger charge is -2.02. The van der Waals surface area contributed by atoms with E-state index in [1.807, 2.05) is 25.1 Å². The number of aromatic nitrogens is 3. The Bertz CT molecular complexity index is 1190.